The van der Waals surface area contributed by atoms with Crippen LogP contribution in [0.25, 0.3) is 0 Å². The number of halogens is 1. The minimum Gasteiger partial charge on any atom is -0.334 e. The molecule has 1 aliphatic carbocycles. The van der Waals surface area contributed by atoms with Crippen LogP contribution in [0.4, 0.5) is 0 Å². The van der Waals surface area contributed by atoms with Crippen molar-refractivity contribution < 1.29 is 4.79 Å². The van der Waals surface area contributed by atoms with Crippen molar-refractivity contribution in [1.82, 2.24) is 4.90 Å². The molecule has 3 heteroatoms. The van der Waals surface area contributed by atoms with Crippen LogP contribution in [-0.4, -0.2) is 29.3 Å². The standard InChI is InChI=1S/C14H18ClNO/c1-2-11-5-3-4-6-13(11)14(17)16(10-9-15)12-7-8-12/h3-6,12H,2,7-10H2,1H3. The van der Waals surface area contributed by atoms with E-state index in [1.54, 1.807) is 0 Å². The summed E-state index contributed by atoms with van der Waals surface area (Å²) in [6.45, 7) is 2.73. The van der Waals surface area contributed by atoms with Crippen molar-refractivity contribution in [3.63, 3.8) is 0 Å². The van der Waals surface area contributed by atoms with Crippen molar-refractivity contribution in [2.24, 2.45) is 0 Å². The number of nitrogens with zero attached hydrogens (tertiary/aromatic N) is 1. The van der Waals surface area contributed by atoms with E-state index in [-0.39, 0.29) is 5.91 Å². The number of carbonyl (C=O) groups excluding carboxylic acids is 1. The van der Waals surface area contributed by atoms with E-state index in [4.69, 9.17) is 11.6 Å². The molecule has 0 spiro atoms. The first-order valence-electron chi connectivity index (χ1n) is 6.22. The van der Waals surface area contributed by atoms with Crippen LogP contribution in [-0.2, 0) is 6.42 Å². The number of amides is 1. The van der Waals surface area contributed by atoms with Gasteiger partial charge in [0.15, 0.2) is 0 Å². The Hall–Kier alpha value is -1.02. The van der Waals surface area contributed by atoms with Crippen molar-refractivity contribution in [2.45, 2.75) is 32.2 Å². The molecular weight excluding hydrogens is 234 g/mol. The molecule has 1 aromatic rings. The van der Waals surface area contributed by atoms with Gasteiger partial charge in [-0.25, -0.2) is 0 Å². The molecule has 0 atom stereocenters. The van der Waals surface area contributed by atoms with Gasteiger partial charge in [0.2, 0.25) is 0 Å². The van der Waals surface area contributed by atoms with Crippen LogP contribution in [0.3, 0.4) is 0 Å². The summed E-state index contributed by atoms with van der Waals surface area (Å²) in [5.41, 5.74) is 1.96. The monoisotopic (exact) mass is 251 g/mol. The number of hydrogen-bond acceptors (Lipinski definition) is 1. The molecule has 0 N–H and O–H groups in total. The summed E-state index contributed by atoms with van der Waals surface area (Å²) >= 11 is 5.78. The van der Waals surface area contributed by atoms with E-state index in [9.17, 15) is 4.79 Å². The van der Waals surface area contributed by atoms with Crippen LogP contribution in [0.15, 0.2) is 24.3 Å². The molecule has 0 heterocycles. The Labute approximate surface area is 108 Å². The van der Waals surface area contributed by atoms with Gasteiger partial charge in [-0.15, -0.1) is 11.6 Å². The van der Waals surface area contributed by atoms with E-state index in [0.29, 0.717) is 18.5 Å². The molecule has 2 rings (SSSR count). The van der Waals surface area contributed by atoms with Gasteiger partial charge >= 0.3 is 0 Å². The minimum absolute atomic E-state index is 0.144. The van der Waals surface area contributed by atoms with Crippen molar-refractivity contribution in [3.8, 4) is 0 Å². The highest BCUT2D eigenvalue weighted by atomic mass is 35.5. The number of hydrogen-bond donors (Lipinski definition) is 0. The summed E-state index contributed by atoms with van der Waals surface area (Å²) in [6, 6.07) is 8.28. The first-order chi connectivity index (χ1) is 8.27. The molecule has 1 aromatic carbocycles. The topological polar surface area (TPSA) is 20.3 Å². The van der Waals surface area contributed by atoms with Crippen LogP contribution in [0.5, 0.6) is 0 Å². The minimum atomic E-state index is 0.144. The number of benzene rings is 1. The lowest BCUT2D eigenvalue weighted by atomic mass is 10.0. The molecular formula is C14H18ClNO. The Morgan fingerprint density at radius 1 is 1.41 bits per heavy atom. The maximum absolute atomic E-state index is 12.5. The summed E-state index contributed by atoms with van der Waals surface area (Å²) in [5.74, 6) is 0.655. The molecule has 0 saturated heterocycles. The lowest BCUT2D eigenvalue weighted by Crippen LogP contribution is -2.35. The summed E-state index contributed by atoms with van der Waals surface area (Å²) < 4.78 is 0. The van der Waals surface area contributed by atoms with Gasteiger partial charge in [-0.05, 0) is 30.9 Å². The number of carbonyl (C=O) groups is 1. The first kappa shape index (κ1) is 12.4. The van der Waals surface area contributed by atoms with Gasteiger partial charge in [0, 0.05) is 24.0 Å². The Morgan fingerprint density at radius 3 is 2.71 bits per heavy atom. The predicted octanol–water partition coefficient (Wildman–Crippen LogP) is 3.09. The van der Waals surface area contributed by atoms with E-state index < -0.39 is 0 Å². The third kappa shape index (κ3) is 2.81. The maximum atomic E-state index is 12.5. The molecule has 92 valence electrons. The average Bonchev–Trinajstić information content (AvgIpc) is 3.19. The van der Waals surface area contributed by atoms with E-state index in [2.05, 4.69) is 6.92 Å². The number of rotatable bonds is 5. The summed E-state index contributed by atoms with van der Waals surface area (Å²) in [7, 11) is 0. The second-order valence-electron chi connectivity index (χ2n) is 4.43. The number of alkyl halides is 1. The molecule has 17 heavy (non-hydrogen) atoms. The highest BCUT2D eigenvalue weighted by molar-refractivity contribution is 6.18. The zero-order valence-electron chi connectivity index (χ0n) is 10.2. The molecule has 0 aliphatic heterocycles. The zero-order valence-corrected chi connectivity index (χ0v) is 10.9. The van der Waals surface area contributed by atoms with Crippen molar-refractivity contribution in [2.75, 3.05) is 12.4 Å². The first-order valence-corrected chi connectivity index (χ1v) is 6.76. The zero-order chi connectivity index (χ0) is 12.3. The molecule has 0 aromatic heterocycles. The third-order valence-corrected chi connectivity index (χ3v) is 3.37. The molecule has 0 radical (unpaired) electrons. The van der Waals surface area contributed by atoms with Crippen LogP contribution in [0.1, 0.15) is 35.7 Å². The van der Waals surface area contributed by atoms with Gasteiger partial charge in [-0.1, -0.05) is 25.1 Å². The second kappa shape index (κ2) is 5.54. The molecule has 0 bridgehead atoms. The van der Waals surface area contributed by atoms with E-state index in [0.717, 1.165) is 30.4 Å². The molecule has 1 amide bonds. The summed E-state index contributed by atoms with van der Waals surface area (Å²) in [6.07, 6.45) is 3.13. The van der Waals surface area contributed by atoms with Gasteiger partial charge in [0.05, 0.1) is 0 Å². The lowest BCUT2D eigenvalue weighted by molar-refractivity contribution is 0.0752. The van der Waals surface area contributed by atoms with E-state index in [1.807, 2.05) is 29.2 Å². The van der Waals surface area contributed by atoms with Gasteiger partial charge in [-0.3, -0.25) is 4.79 Å². The van der Waals surface area contributed by atoms with Crippen LogP contribution >= 0.6 is 11.6 Å². The smallest absolute Gasteiger partial charge is 0.254 e. The SMILES string of the molecule is CCc1ccccc1C(=O)N(CCCl)C1CC1. The van der Waals surface area contributed by atoms with Crippen LogP contribution in [0.2, 0.25) is 0 Å². The van der Waals surface area contributed by atoms with Gasteiger partial charge < -0.3 is 4.90 Å². The van der Waals surface area contributed by atoms with Gasteiger partial charge in [-0.2, -0.15) is 0 Å². The molecule has 1 fully saturated rings. The Bertz CT molecular complexity index is 401. The fourth-order valence-electron chi connectivity index (χ4n) is 2.12. The molecule has 0 unspecified atom stereocenters. The van der Waals surface area contributed by atoms with E-state index >= 15 is 0 Å². The van der Waals surface area contributed by atoms with Crippen molar-refractivity contribution >= 4 is 17.5 Å². The van der Waals surface area contributed by atoms with Gasteiger partial charge in [0.1, 0.15) is 0 Å². The lowest BCUT2D eigenvalue weighted by Gasteiger charge is -2.22. The molecule has 1 aliphatic rings. The largest absolute Gasteiger partial charge is 0.334 e. The summed E-state index contributed by atoms with van der Waals surface area (Å²) in [4.78, 5) is 14.4. The fraction of sp³-hybridized carbons (Fsp3) is 0.500. The highest BCUT2D eigenvalue weighted by Gasteiger charge is 2.32. The number of aryl methyl sites for hydroxylation is 1. The predicted molar refractivity (Wildman–Crippen MR) is 70.6 cm³/mol. The third-order valence-electron chi connectivity index (χ3n) is 3.20. The Kier molecular flexibility index (Phi) is 4.06. The van der Waals surface area contributed by atoms with Crippen molar-refractivity contribution in [3.05, 3.63) is 35.4 Å². The quantitative estimate of drug-likeness (QED) is 0.737. The molecule has 1 saturated carbocycles. The molecule has 2 nitrogen and oxygen atoms in total. The van der Waals surface area contributed by atoms with E-state index in [1.165, 1.54) is 0 Å². The highest BCUT2D eigenvalue weighted by Crippen LogP contribution is 2.28. The van der Waals surface area contributed by atoms with Crippen molar-refractivity contribution in [1.29, 1.82) is 0 Å². The van der Waals surface area contributed by atoms with Gasteiger partial charge in [0.25, 0.3) is 5.91 Å². The van der Waals surface area contributed by atoms with Crippen LogP contribution in [0, 0.1) is 0 Å². The normalized spacial score (nSPS) is 14.7. The Morgan fingerprint density at radius 2 is 2.12 bits per heavy atom. The summed E-state index contributed by atoms with van der Waals surface area (Å²) in [5, 5.41) is 0. The Balaban J connectivity index is 2.21. The fourth-order valence-corrected chi connectivity index (χ4v) is 2.30. The average molecular weight is 252 g/mol. The second-order valence-corrected chi connectivity index (χ2v) is 4.81. The maximum Gasteiger partial charge on any atom is 0.254 e. The van der Waals surface area contributed by atoms with Crippen LogP contribution < -0.4 is 0 Å².